The third kappa shape index (κ3) is 7.29. The van der Waals surface area contributed by atoms with Gasteiger partial charge in [0.25, 0.3) is 0 Å². The molecule has 9 heteroatoms. The van der Waals surface area contributed by atoms with Crippen LogP contribution in [0.1, 0.15) is 83.3 Å². The molecule has 3 rings (SSSR count). The summed E-state index contributed by atoms with van der Waals surface area (Å²) in [6, 6.07) is 0. The molecule has 7 nitrogen and oxygen atoms in total. The highest BCUT2D eigenvalue weighted by Crippen LogP contribution is 2.45. The fourth-order valence-electron chi connectivity index (χ4n) is 5.20. The normalized spacial score (nSPS) is 35.2. The Balaban J connectivity index is 1.88. The van der Waals surface area contributed by atoms with E-state index < -0.39 is 53.5 Å². The molecule has 0 bridgehead atoms. The van der Waals surface area contributed by atoms with Crippen molar-refractivity contribution in [1.82, 2.24) is 4.98 Å². The molecule has 0 spiro atoms. The zero-order valence-electron chi connectivity index (χ0n) is 22.9. The Morgan fingerprint density at radius 3 is 2.68 bits per heavy atom. The molecule has 0 aromatic carbocycles. The number of epoxide rings is 1. The molecule has 38 heavy (non-hydrogen) atoms. The number of aliphatic hydroxyl groups is 2. The zero-order valence-corrected chi connectivity index (χ0v) is 23.7. The smallest absolute Gasteiger partial charge is 0.309 e. The number of terminal acetylenes is 1. The summed E-state index contributed by atoms with van der Waals surface area (Å²) in [5.74, 6) is -0.299. The predicted octanol–water partition coefficient (Wildman–Crippen LogP) is 4.78. The van der Waals surface area contributed by atoms with Crippen molar-refractivity contribution in [2.75, 3.05) is 0 Å². The average Bonchev–Trinajstić information content (AvgIpc) is 3.29. The number of nitrogens with zero attached hydrogens (tertiary/aromatic N) is 1. The van der Waals surface area contributed by atoms with Crippen LogP contribution < -0.4 is 0 Å². The van der Waals surface area contributed by atoms with Crippen molar-refractivity contribution < 1.29 is 33.7 Å². The zero-order chi connectivity index (χ0) is 28.3. The van der Waals surface area contributed by atoms with Gasteiger partial charge in [0, 0.05) is 24.1 Å². The summed E-state index contributed by atoms with van der Waals surface area (Å²) in [7, 11) is 0. The molecule has 0 saturated carbocycles. The quantitative estimate of drug-likeness (QED) is 0.316. The molecule has 0 aliphatic carbocycles. The van der Waals surface area contributed by atoms with Crippen LogP contribution in [0.5, 0.6) is 0 Å². The van der Waals surface area contributed by atoms with E-state index in [9.17, 15) is 19.8 Å². The molecule has 1 aromatic rings. The van der Waals surface area contributed by atoms with Crippen LogP contribution in [0.25, 0.3) is 6.08 Å². The van der Waals surface area contributed by atoms with Crippen molar-refractivity contribution in [1.29, 1.82) is 0 Å². The van der Waals surface area contributed by atoms with Crippen molar-refractivity contribution >= 4 is 29.2 Å². The number of carbonyl (C=O) groups excluding carboxylic acids is 2. The number of cyclic esters (lactones) is 1. The molecule has 0 amide bonds. The maximum Gasteiger partial charge on any atom is 0.309 e. The molecule has 0 radical (unpaired) electrons. The highest BCUT2D eigenvalue weighted by atomic mass is 32.1. The Hall–Kier alpha value is -2.12. The first-order chi connectivity index (χ1) is 17.8. The third-order valence-corrected chi connectivity index (χ3v) is 8.85. The lowest BCUT2D eigenvalue weighted by molar-refractivity contribution is -0.155. The van der Waals surface area contributed by atoms with Crippen LogP contribution in [0, 0.1) is 36.5 Å². The average molecular weight is 550 g/mol. The maximum atomic E-state index is 15.4. The van der Waals surface area contributed by atoms with E-state index in [-0.39, 0.29) is 30.6 Å². The van der Waals surface area contributed by atoms with Crippen LogP contribution in [-0.2, 0) is 19.1 Å². The van der Waals surface area contributed by atoms with Gasteiger partial charge in [-0.25, -0.2) is 9.37 Å². The van der Waals surface area contributed by atoms with Gasteiger partial charge in [-0.05, 0) is 45.1 Å². The van der Waals surface area contributed by atoms with E-state index in [2.05, 4.69) is 10.9 Å². The van der Waals surface area contributed by atoms with E-state index in [1.54, 1.807) is 19.2 Å². The van der Waals surface area contributed by atoms with Crippen molar-refractivity contribution in [3.05, 3.63) is 21.9 Å². The van der Waals surface area contributed by atoms with E-state index in [1.807, 2.05) is 20.8 Å². The van der Waals surface area contributed by atoms with Crippen LogP contribution in [0.15, 0.2) is 11.2 Å². The van der Waals surface area contributed by atoms with Crippen LogP contribution in [-0.4, -0.2) is 57.0 Å². The number of ether oxygens (including phenoxy) is 2. The summed E-state index contributed by atoms with van der Waals surface area (Å²) in [4.78, 5) is 30.7. The third-order valence-electron chi connectivity index (χ3n) is 8.06. The molecule has 7 atom stereocenters. The van der Waals surface area contributed by atoms with Crippen molar-refractivity contribution in [2.24, 2.45) is 17.3 Å². The number of Topliss-reactive ketones (excluding diaryl/α,β-unsaturated/α-hetero) is 1. The number of ketones is 1. The summed E-state index contributed by atoms with van der Waals surface area (Å²) in [6.45, 7) is 8.74. The van der Waals surface area contributed by atoms with Gasteiger partial charge in [0.15, 0.2) is 6.10 Å². The number of esters is 1. The molecule has 1 aromatic heterocycles. The van der Waals surface area contributed by atoms with E-state index in [0.29, 0.717) is 25.0 Å². The van der Waals surface area contributed by atoms with Crippen LogP contribution in [0.2, 0.25) is 0 Å². The SMILES string of the molecule is C#CCCC1C(=O)C(C)(C)C(O)CC(=O)OC(C(F)=Cc2csc(C)n2)CC2OC2(C)CCCC(C)C1O. The minimum Gasteiger partial charge on any atom is -0.455 e. The van der Waals surface area contributed by atoms with Gasteiger partial charge >= 0.3 is 5.97 Å². The predicted molar refractivity (Wildman–Crippen MR) is 144 cm³/mol. The standard InChI is InChI=1S/C29H40FNO6S/c1-7-8-11-20-26(34)17(2)10-9-12-29(6)24(37-29)14-22(21(30)13-19-16-38-18(3)31-19)36-25(33)15-23(32)28(4,5)27(20)35/h1,13,16-17,20,22-24,26,32,34H,8-12,14-15H2,2-6H3. The number of carbonyl (C=O) groups is 2. The van der Waals surface area contributed by atoms with Gasteiger partial charge < -0.3 is 19.7 Å². The van der Waals surface area contributed by atoms with Crippen LogP contribution >= 0.6 is 11.3 Å². The molecule has 3 heterocycles. The Kier molecular flexibility index (Phi) is 9.91. The number of aliphatic hydroxyl groups excluding tert-OH is 2. The summed E-state index contributed by atoms with van der Waals surface area (Å²) < 4.78 is 26.8. The number of rotatable bonds is 4. The van der Waals surface area contributed by atoms with Crippen molar-refractivity contribution in [3.8, 4) is 12.3 Å². The summed E-state index contributed by atoms with van der Waals surface area (Å²) in [6.07, 6.45) is 5.10. The second-order valence-electron chi connectivity index (χ2n) is 11.5. The topological polar surface area (TPSA) is 109 Å². The molecular weight excluding hydrogens is 509 g/mol. The molecule has 210 valence electrons. The van der Waals surface area contributed by atoms with Crippen LogP contribution in [0.3, 0.4) is 0 Å². The molecule has 2 aliphatic heterocycles. The minimum absolute atomic E-state index is 0.123. The summed E-state index contributed by atoms with van der Waals surface area (Å²) in [5.41, 5.74) is -1.43. The summed E-state index contributed by atoms with van der Waals surface area (Å²) in [5, 5.41) is 24.6. The van der Waals surface area contributed by atoms with Crippen molar-refractivity contribution in [3.63, 3.8) is 0 Å². The highest BCUT2D eigenvalue weighted by molar-refractivity contribution is 7.09. The number of hydrogen-bond donors (Lipinski definition) is 2. The second-order valence-corrected chi connectivity index (χ2v) is 12.5. The van der Waals surface area contributed by atoms with Gasteiger partial charge in [-0.3, -0.25) is 9.59 Å². The fourth-order valence-corrected chi connectivity index (χ4v) is 5.77. The number of thiazole rings is 1. The Morgan fingerprint density at radius 2 is 2.05 bits per heavy atom. The van der Waals surface area contributed by atoms with Gasteiger partial charge in [-0.1, -0.05) is 27.2 Å². The van der Waals surface area contributed by atoms with E-state index in [4.69, 9.17) is 15.9 Å². The first kappa shape index (κ1) is 30.4. The van der Waals surface area contributed by atoms with Crippen molar-refractivity contribution in [2.45, 2.75) is 110 Å². The van der Waals surface area contributed by atoms with Gasteiger partial charge in [0.05, 0.1) is 46.5 Å². The van der Waals surface area contributed by atoms with Gasteiger partial charge in [-0.15, -0.1) is 23.7 Å². The molecular formula is C29H40FNO6S. The Morgan fingerprint density at radius 1 is 1.34 bits per heavy atom. The van der Waals surface area contributed by atoms with Gasteiger partial charge in [-0.2, -0.15) is 0 Å². The highest BCUT2D eigenvalue weighted by Gasteiger charge is 2.53. The fraction of sp³-hybridized carbons (Fsp3) is 0.690. The minimum atomic E-state index is -1.40. The molecule has 2 aliphatic rings. The lowest BCUT2D eigenvalue weighted by atomic mass is 9.71. The molecule has 7 unspecified atom stereocenters. The summed E-state index contributed by atoms with van der Waals surface area (Å²) >= 11 is 1.39. The van der Waals surface area contributed by atoms with E-state index >= 15 is 4.39 Å². The lowest BCUT2D eigenvalue weighted by Gasteiger charge is -2.36. The van der Waals surface area contributed by atoms with E-state index in [0.717, 1.165) is 11.4 Å². The van der Waals surface area contributed by atoms with Gasteiger partial charge in [0.2, 0.25) is 0 Å². The number of aromatic nitrogens is 1. The molecule has 2 N–H and O–H groups in total. The number of fused-ring (bicyclic) bond motifs is 1. The second kappa shape index (κ2) is 12.4. The Labute approximate surface area is 228 Å². The van der Waals surface area contributed by atoms with Crippen LogP contribution in [0.4, 0.5) is 4.39 Å². The number of aryl methyl sites for hydroxylation is 1. The molecule has 2 fully saturated rings. The van der Waals surface area contributed by atoms with Gasteiger partial charge in [0.1, 0.15) is 11.6 Å². The molecule has 2 saturated heterocycles. The number of hydrogen-bond acceptors (Lipinski definition) is 8. The Bertz CT molecular complexity index is 1080. The maximum absolute atomic E-state index is 15.4. The first-order valence-corrected chi connectivity index (χ1v) is 14.2. The number of halogens is 1. The monoisotopic (exact) mass is 549 g/mol. The lowest BCUT2D eigenvalue weighted by Crippen LogP contribution is -2.46. The largest absolute Gasteiger partial charge is 0.455 e. The van der Waals surface area contributed by atoms with E-state index in [1.165, 1.54) is 17.4 Å². The first-order valence-electron chi connectivity index (χ1n) is 13.3.